The van der Waals surface area contributed by atoms with Crippen molar-refractivity contribution in [3.8, 4) is 0 Å². The number of carbonyl (C=O) groups excluding carboxylic acids is 1. The number of aromatic nitrogens is 2. The third-order valence-electron chi connectivity index (χ3n) is 2.71. The second-order valence-electron chi connectivity index (χ2n) is 4.25. The van der Waals surface area contributed by atoms with Crippen LogP contribution in [0.3, 0.4) is 0 Å². The number of hydrogen-bond donors (Lipinski definition) is 2. The molecular formula is C14H12FN3O3. The predicted molar refractivity (Wildman–Crippen MR) is 74.2 cm³/mol. The van der Waals surface area contributed by atoms with E-state index in [0.29, 0.717) is 5.69 Å². The topological polar surface area (TPSA) is 84.2 Å². The molecule has 2 aromatic rings. The van der Waals surface area contributed by atoms with Crippen LogP contribution in [0.2, 0.25) is 0 Å². The first-order valence-corrected chi connectivity index (χ1v) is 5.95. The van der Waals surface area contributed by atoms with Crippen LogP contribution >= 0.6 is 0 Å². The Balaban J connectivity index is 2.15. The van der Waals surface area contributed by atoms with Crippen molar-refractivity contribution in [2.45, 2.75) is 0 Å². The van der Waals surface area contributed by atoms with E-state index >= 15 is 0 Å². The van der Waals surface area contributed by atoms with Crippen LogP contribution in [0.5, 0.6) is 0 Å². The maximum atomic E-state index is 13.8. The van der Waals surface area contributed by atoms with Gasteiger partial charge in [0.2, 0.25) is 0 Å². The maximum absolute atomic E-state index is 13.8. The van der Waals surface area contributed by atoms with Gasteiger partial charge in [-0.05, 0) is 24.3 Å². The number of aliphatic carboxylic acids is 1. The first kappa shape index (κ1) is 14.4. The van der Waals surface area contributed by atoms with Gasteiger partial charge in [0, 0.05) is 24.4 Å². The molecule has 1 aromatic heterocycles. The fourth-order valence-corrected chi connectivity index (χ4v) is 1.67. The molecule has 0 atom stereocenters. The predicted octanol–water partition coefficient (Wildman–Crippen LogP) is 1.91. The highest BCUT2D eigenvalue weighted by atomic mass is 19.1. The van der Waals surface area contributed by atoms with E-state index in [0.717, 1.165) is 18.2 Å². The van der Waals surface area contributed by atoms with Gasteiger partial charge in [0.1, 0.15) is 11.5 Å². The zero-order valence-electron chi connectivity index (χ0n) is 11.1. The van der Waals surface area contributed by atoms with Crippen molar-refractivity contribution in [1.82, 2.24) is 9.55 Å². The normalized spacial score (nSPS) is 10.8. The SMILES string of the molecule is Cn1cncc1C(=O)Nc1ccc(/C=C/C(=O)O)c(F)c1. The molecule has 0 aliphatic carbocycles. The summed E-state index contributed by atoms with van der Waals surface area (Å²) in [7, 11) is 1.67. The molecule has 2 rings (SSSR count). The molecule has 108 valence electrons. The zero-order chi connectivity index (χ0) is 15.4. The van der Waals surface area contributed by atoms with Gasteiger partial charge in [0.15, 0.2) is 0 Å². The number of benzene rings is 1. The maximum Gasteiger partial charge on any atom is 0.328 e. The first-order chi connectivity index (χ1) is 9.97. The molecule has 1 aromatic carbocycles. The fraction of sp³-hybridized carbons (Fsp3) is 0.0714. The minimum Gasteiger partial charge on any atom is -0.478 e. The highest BCUT2D eigenvalue weighted by Gasteiger charge is 2.11. The fourth-order valence-electron chi connectivity index (χ4n) is 1.67. The molecule has 7 heteroatoms. The molecule has 1 heterocycles. The Labute approximate surface area is 119 Å². The van der Waals surface area contributed by atoms with E-state index in [9.17, 15) is 14.0 Å². The number of nitrogens with zero attached hydrogens (tertiary/aromatic N) is 2. The van der Waals surface area contributed by atoms with Gasteiger partial charge in [-0.2, -0.15) is 0 Å². The molecule has 0 saturated heterocycles. The van der Waals surface area contributed by atoms with Crippen LogP contribution < -0.4 is 5.32 Å². The van der Waals surface area contributed by atoms with Crippen molar-refractivity contribution < 1.29 is 19.1 Å². The number of nitrogens with one attached hydrogen (secondary N) is 1. The van der Waals surface area contributed by atoms with Crippen LogP contribution in [0.15, 0.2) is 36.8 Å². The largest absolute Gasteiger partial charge is 0.478 e. The number of imidazole rings is 1. The van der Waals surface area contributed by atoms with Crippen molar-refractivity contribution >= 4 is 23.6 Å². The molecule has 0 radical (unpaired) electrons. The molecule has 0 fully saturated rings. The minimum atomic E-state index is -1.16. The van der Waals surface area contributed by atoms with Gasteiger partial charge in [-0.1, -0.05) is 0 Å². The molecule has 2 N–H and O–H groups in total. The average molecular weight is 289 g/mol. The average Bonchev–Trinajstić information content (AvgIpc) is 2.84. The standard InChI is InChI=1S/C14H12FN3O3/c1-18-8-16-7-12(18)14(21)17-10-4-2-9(11(15)6-10)3-5-13(19)20/h2-8H,1H3,(H,17,21)(H,19,20)/b5-3+. The highest BCUT2D eigenvalue weighted by molar-refractivity contribution is 6.03. The number of anilines is 1. The van der Waals surface area contributed by atoms with Gasteiger partial charge in [-0.25, -0.2) is 14.2 Å². The number of aryl methyl sites for hydroxylation is 1. The summed E-state index contributed by atoms with van der Waals surface area (Å²) in [5, 5.41) is 11.0. The number of carboxylic acids is 1. The Kier molecular flexibility index (Phi) is 4.13. The number of hydrogen-bond acceptors (Lipinski definition) is 3. The highest BCUT2D eigenvalue weighted by Crippen LogP contribution is 2.16. The van der Waals surface area contributed by atoms with E-state index in [1.165, 1.54) is 29.2 Å². The molecule has 6 nitrogen and oxygen atoms in total. The Hall–Kier alpha value is -2.96. The lowest BCUT2D eigenvalue weighted by atomic mass is 10.1. The molecule has 21 heavy (non-hydrogen) atoms. The van der Waals surface area contributed by atoms with Crippen molar-refractivity contribution in [3.05, 3.63) is 53.9 Å². The summed E-state index contributed by atoms with van der Waals surface area (Å²) in [6, 6.07) is 3.99. The molecule has 0 saturated carbocycles. The van der Waals surface area contributed by atoms with Crippen molar-refractivity contribution in [2.75, 3.05) is 5.32 Å². The summed E-state index contributed by atoms with van der Waals surface area (Å²) in [4.78, 5) is 26.1. The summed E-state index contributed by atoms with van der Waals surface area (Å²) < 4.78 is 15.3. The van der Waals surface area contributed by atoms with Crippen LogP contribution in [0.25, 0.3) is 6.08 Å². The van der Waals surface area contributed by atoms with E-state index < -0.39 is 17.7 Å². The second kappa shape index (κ2) is 6.00. The van der Waals surface area contributed by atoms with Gasteiger partial charge in [0.25, 0.3) is 5.91 Å². The summed E-state index contributed by atoms with van der Waals surface area (Å²) in [5.74, 6) is -2.21. The van der Waals surface area contributed by atoms with Crippen molar-refractivity contribution in [1.29, 1.82) is 0 Å². The van der Waals surface area contributed by atoms with E-state index in [-0.39, 0.29) is 11.3 Å². The van der Waals surface area contributed by atoms with E-state index in [4.69, 9.17) is 5.11 Å². The van der Waals surface area contributed by atoms with Gasteiger partial charge < -0.3 is 15.0 Å². The second-order valence-corrected chi connectivity index (χ2v) is 4.25. The Morgan fingerprint density at radius 3 is 2.76 bits per heavy atom. The Morgan fingerprint density at radius 1 is 1.43 bits per heavy atom. The summed E-state index contributed by atoms with van der Waals surface area (Å²) in [6.07, 6.45) is 4.86. The summed E-state index contributed by atoms with van der Waals surface area (Å²) in [6.45, 7) is 0. The number of carbonyl (C=O) groups is 2. The van der Waals surface area contributed by atoms with Gasteiger partial charge in [0.05, 0.1) is 12.5 Å². The summed E-state index contributed by atoms with van der Waals surface area (Å²) in [5.41, 5.74) is 0.729. The van der Waals surface area contributed by atoms with Crippen LogP contribution in [0.4, 0.5) is 10.1 Å². The molecule has 0 aliphatic heterocycles. The lowest BCUT2D eigenvalue weighted by molar-refractivity contribution is -0.131. The van der Waals surface area contributed by atoms with Gasteiger partial charge in [-0.15, -0.1) is 0 Å². The molecular weight excluding hydrogens is 277 g/mol. The van der Waals surface area contributed by atoms with Crippen LogP contribution in [-0.4, -0.2) is 26.5 Å². The van der Waals surface area contributed by atoms with Crippen molar-refractivity contribution in [3.63, 3.8) is 0 Å². The van der Waals surface area contributed by atoms with Crippen molar-refractivity contribution in [2.24, 2.45) is 7.05 Å². The van der Waals surface area contributed by atoms with Crippen LogP contribution in [0, 0.1) is 5.82 Å². The molecule has 0 bridgehead atoms. The lowest BCUT2D eigenvalue weighted by Gasteiger charge is -2.06. The smallest absolute Gasteiger partial charge is 0.328 e. The minimum absolute atomic E-state index is 0.121. The van der Waals surface area contributed by atoms with Crippen LogP contribution in [0.1, 0.15) is 16.1 Å². The summed E-state index contributed by atoms with van der Waals surface area (Å²) >= 11 is 0. The van der Waals surface area contributed by atoms with Gasteiger partial charge in [-0.3, -0.25) is 4.79 Å². The van der Waals surface area contributed by atoms with E-state index in [1.807, 2.05) is 0 Å². The number of rotatable bonds is 4. The van der Waals surface area contributed by atoms with E-state index in [1.54, 1.807) is 7.05 Å². The third-order valence-corrected chi connectivity index (χ3v) is 2.71. The molecule has 0 aliphatic rings. The number of halogens is 1. The quantitative estimate of drug-likeness (QED) is 0.842. The molecule has 1 amide bonds. The zero-order valence-corrected chi connectivity index (χ0v) is 11.1. The monoisotopic (exact) mass is 289 g/mol. The lowest BCUT2D eigenvalue weighted by Crippen LogP contribution is -2.15. The Morgan fingerprint density at radius 2 is 2.19 bits per heavy atom. The Bertz CT molecular complexity index is 722. The number of carboxylic acid groups (broad SMARTS) is 1. The third kappa shape index (κ3) is 3.53. The molecule has 0 unspecified atom stereocenters. The van der Waals surface area contributed by atoms with E-state index in [2.05, 4.69) is 10.3 Å². The number of amides is 1. The van der Waals surface area contributed by atoms with Crippen LogP contribution in [-0.2, 0) is 11.8 Å². The van der Waals surface area contributed by atoms with Gasteiger partial charge >= 0.3 is 5.97 Å². The first-order valence-electron chi connectivity index (χ1n) is 5.95. The molecule has 0 spiro atoms.